The molecule has 9 heteroatoms. The number of benzene rings is 1. The molecule has 2 aliphatic rings. The van der Waals surface area contributed by atoms with Crippen molar-refractivity contribution in [3.63, 3.8) is 0 Å². The first-order chi connectivity index (χ1) is 16.1. The van der Waals surface area contributed by atoms with Crippen LogP contribution in [-0.4, -0.2) is 44.4 Å². The number of carbonyl (C=O) groups is 1. The van der Waals surface area contributed by atoms with Gasteiger partial charge in [0.2, 0.25) is 5.95 Å². The summed E-state index contributed by atoms with van der Waals surface area (Å²) in [5.74, 6) is 0.112. The van der Waals surface area contributed by atoms with Crippen LogP contribution in [0.3, 0.4) is 0 Å². The summed E-state index contributed by atoms with van der Waals surface area (Å²) >= 11 is 0. The van der Waals surface area contributed by atoms with E-state index in [2.05, 4.69) is 20.7 Å². The zero-order chi connectivity index (χ0) is 22.8. The van der Waals surface area contributed by atoms with E-state index in [9.17, 15) is 4.79 Å². The lowest BCUT2D eigenvalue weighted by molar-refractivity contribution is -0.0180. The topological polar surface area (TPSA) is 118 Å². The van der Waals surface area contributed by atoms with Crippen molar-refractivity contribution in [2.24, 2.45) is 0 Å². The predicted molar refractivity (Wildman–Crippen MR) is 122 cm³/mol. The van der Waals surface area contributed by atoms with E-state index in [0.29, 0.717) is 41.0 Å². The van der Waals surface area contributed by atoms with Crippen LogP contribution in [0.15, 0.2) is 42.9 Å². The third kappa shape index (κ3) is 4.43. The number of amides is 1. The van der Waals surface area contributed by atoms with Gasteiger partial charge in [-0.05, 0) is 44.2 Å². The molecule has 33 heavy (non-hydrogen) atoms. The SMILES string of the molecule is Cc1cnc(Nc2cnn(C3C[C@H]4CC[C@@H](C3)O4)c2)nc1-c1ccccc1C(=O)NCC#N. The summed E-state index contributed by atoms with van der Waals surface area (Å²) in [5.41, 5.74) is 3.45. The van der Waals surface area contributed by atoms with Crippen molar-refractivity contribution in [2.75, 3.05) is 11.9 Å². The van der Waals surface area contributed by atoms with Crippen molar-refractivity contribution in [3.8, 4) is 17.3 Å². The molecule has 5 rings (SSSR count). The highest BCUT2D eigenvalue weighted by Crippen LogP contribution is 2.38. The highest BCUT2D eigenvalue weighted by molar-refractivity contribution is 6.00. The van der Waals surface area contributed by atoms with Crippen LogP contribution in [-0.2, 0) is 4.74 Å². The fourth-order valence-electron chi connectivity index (χ4n) is 4.65. The maximum absolute atomic E-state index is 12.5. The third-order valence-electron chi connectivity index (χ3n) is 6.22. The summed E-state index contributed by atoms with van der Waals surface area (Å²) in [6, 6.07) is 9.49. The Morgan fingerprint density at radius 2 is 2.03 bits per heavy atom. The Bertz CT molecular complexity index is 1200. The van der Waals surface area contributed by atoms with Crippen molar-refractivity contribution in [1.82, 2.24) is 25.1 Å². The number of carbonyl (C=O) groups excluding carboxylic acids is 1. The lowest BCUT2D eigenvalue weighted by Crippen LogP contribution is -2.27. The van der Waals surface area contributed by atoms with E-state index in [1.54, 1.807) is 24.5 Å². The van der Waals surface area contributed by atoms with Crippen LogP contribution >= 0.6 is 0 Å². The summed E-state index contributed by atoms with van der Waals surface area (Å²) in [6.45, 7) is 1.85. The standard InChI is InChI=1S/C24H25N7O2/c1-15-12-27-24(30-22(15)20-4-2-3-5-21(20)23(32)26-9-8-25)29-16-13-28-31(14-16)17-10-18-6-7-19(11-17)33-18/h2-5,12-14,17-19H,6-7,9-11H2,1H3,(H,26,32)(H,27,29,30)/t17?,18-,19+. The second kappa shape index (κ2) is 9.00. The molecule has 2 aromatic heterocycles. The minimum atomic E-state index is -0.314. The summed E-state index contributed by atoms with van der Waals surface area (Å²) in [5, 5.41) is 19.2. The fraction of sp³-hybridized carbons (Fsp3) is 0.375. The normalized spacial score (nSPS) is 21.4. The van der Waals surface area contributed by atoms with Gasteiger partial charge in [-0.15, -0.1) is 0 Å². The number of nitrogens with one attached hydrogen (secondary N) is 2. The molecule has 4 heterocycles. The average molecular weight is 444 g/mol. The quantitative estimate of drug-likeness (QED) is 0.560. The summed E-state index contributed by atoms with van der Waals surface area (Å²) < 4.78 is 7.96. The van der Waals surface area contributed by atoms with E-state index < -0.39 is 0 Å². The van der Waals surface area contributed by atoms with Gasteiger partial charge < -0.3 is 15.4 Å². The van der Waals surface area contributed by atoms with Crippen LogP contribution in [0, 0.1) is 18.3 Å². The molecule has 0 aliphatic carbocycles. The number of hydrogen-bond acceptors (Lipinski definition) is 7. The predicted octanol–water partition coefficient (Wildman–Crippen LogP) is 3.53. The number of fused-ring (bicyclic) bond motifs is 2. The molecule has 2 aliphatic heterocycles. The highest BCUT2D eigenvalue weighted by Gasteiger charge is 2.36. The molecule has 3 aromatic rings. The molecular formula is C24H25N7O2. The Balaban J connectivity index is 1.37. The zero-order valence-corrected chi connectivity index (χ0v) is 18.4. The van der Waals surface area contributed by atoms with E-state index in [4.69, 9.17) is 15.0 Å². The van der Waals surface area contributed by atoms with Gasteiger partial charge in [0, 0.05) is 23.5 Å². The maximum atomic E-state index is 12.5. The van der Waals surface area contributed by atoms with Crippen LogP contribution in [0.4, 0.5) is 11.6 Å². The van der Waals surface area contributed by atoms with Crippen molar-refractivity contribution in [3.05, 3.63) is 54.0 Å². The van der Waals surface area contributed by atoms with Gasteiger partial charge in [-0.2, -0.15) is 10.4 Å². The monoisotopic (exact) mass is 443 g/mol. The Labute approximate surface area is 191 Å². The van der Waals surface area contributed by atoms with Gasteiger partial charge in [-0.3, -0.25) is 9.48 Å². The van der Waals surface area contributed by atoms with Gasteiger partial charge in [0.1, 0.15) is 6.54 Å². The molecule has 0 saturated carbocycles. The number of anilines is 2. The lowest BCUT2D eigenvalue weighted by Gasteiger charge is -2.28. The van der Waals surface area contributed by atoms with Gasteiger partial charge in [-0.1, -0.05) is 18.2 Å². The Morgan fingerprint density at radius 1 is 1.24 bits per heavy atom. The average Bonchev–Trinajstić information content (AvgIpc) is 3.44. The number of aryl methyl sites for hydroxylation is 1. The summed E-state index contributed by atoms with van der Waals surface area (Å²) in [4.78, 5) is 21.7. The van der Waals surface area contributed by atoms with Gasteiger partial charge >= 0.3 is 0 Å². The van der Waals surface area contributed by atoms with Gasteiger partial charge in [0.15, 0.2) is 0 Å². The smallest absolute Gasteiger partial charge is 0.252 e. The fourth-order valence-corrected chi connectivity index (χ4v) is 4.65. The molecule has 168 valence electrons. The minimum Gasteiger partial charge on any atom is -0.375 e. The largest absolute Gasteiger partial charge is 0.375 e. The van der Waals surface area contributed by atoms with E-state index in [1.165, 1.54) is 0 Å². The van der Waals surface area contributed by atoms with E-state index in [1.807, 2.05) is 36.0 Å². The van der Waals surface area contributed by atoms with Crippen LogP contribution in [0.2, 0.25) is 0 Å². The molecule has 2 N–H and O–H groups in total. The number of ether oxygens (including phenoxy) is 1. The van der Waals surface area contributed by atoms with Crippen molar-refractivity contribution < 1.29 is 9.53 Å². The molecule has 1 unspecified atom stereocenters. The second-order valence-electron chi connectivity index (χ2n) is 8.53. The molecule has 2 fully saturated rings. The van der Waals surface area contributed by atoms with E-state index in [0.717, 1.165) is 36.9 Å². The molecule has 2 saturated heterocycles. The van der Waals surface area contributed by atoms with Crippen molar-refractivity contribution in [2.45, 2.75) is 50.9 Å². The van der Waals surface area contributed by atoms with E-state index in [-0.39, 0.29) is 12.5 Å². The molecular weight excluding hydrogens is 418 g/mol. The Kier molecular flexibility index (Phi) is 5.75. The van der Waals surface area contributed by atoms with E-state index >= 15 is 0 Å². The number of rotatable bonds is 6. The first-order valence-corrected chi connectivity index (χ1v) is 11.2. The zero-order valence-electron chi connectivity index (χ0n) is 18.4. The number of hydrogen-bond donors (Lipinski definition) is 2. The molecule has 1 amide bonds. The molecule has 2 bridgehead atoms. The van der Waals surface area contributed by atoms with Crippen LogP contribution in [0.5, 0.6) is 0 Å². The Morgan fingerprint density at radius 3 is 2.82 bits per heavy atom. The first-order valence-electron chi connectivity index (χ1n) is 11.2. The summed E-state index contributed by atoms with van der Waals surface area (Å²) in [7, 11) is 0. The van der Waals surface area contributed by atoms with Crippen molar-refractivity contribution >= 4 is 17.5 Å². The van der Waals surface area contributed by atoms with Gasteiger partial charge in [0.25, 0.3) is 5.91 Å². The third-order valence-corrected chi connectivity index (χ3v) is 6.22. The van der Waals surface area contributed by atoms with Crippen LogP contribution in [0.25, 0.3) is 11.3 Å². The van der Waals surface area contributed by atoms with Gasteiger partial charge in [-0.25, -0.2) is 9.97 Å². The molecule has 9 nitrogen and oxygen atoms in total. The number of nitriles is 1. The van der Waals surface area contributed by atoms with Gasteiger partial charge in [0.05, 0.1) is 41.9 Å². The molecule has 0 spiro atoms. The maximum Gasteiger partial charge on any atom is 0.252 e. The molecule has 3 atom stereocenters. The number of aromatic nitrogens is 4. The highest BCUT2D eigenvalue weighted by atomic mass is 16.5. The van der Waals surface area contributed by atoms with Crippen LogP contribution < -0.4 is 10.6 Å². The first kappa shape index (κ1) is 21.1. The second-order valence-corrected chi connectivity index (χ2v) is 8.53. The van der Waals surface area contributed by atoms with Crippen LogP contribution in [0.1, 0.15) is 47.6 Å². The minimum absolute atomic E-state index is 0.0542. The Hall–Kier alpha value is -3.77. The van der Waals surface area contributed by atoms with Crippen molar-refractivity contribution in [1.29, 1.82) is 5.26 Å². The lowest BCUT2D eigenvalue weighted by atomic mass is 10.0. The number of nitrogens with zero attached hydrogens (tertiary/aromatic N) is 5. The molecule has 0 radical (unpaired) electrons. The summed E-state index contributed by atoms with van der Waals surface area (Å²) in [6.07, 6.45) is 10.5. The molecule has 1 aromatic carbocycles.